The SMILES string of the molecule is COc1ccc2[nH]cc(-c3ccc4c(N5CC6CCC(C5)N6)nc(OC[C@@H]5CCCN5C)nc4c3F)c2c1. The van der Waals surface area contributed by atoms with Gasteiger partial charge < -0.3 is 29.6 Å². The van der Waals surface area contributed by atoms with Crippen molar-refractivity contribution < 1.29 is 13.9 Å². The number of benzene rings is 2. The smallest absolute Gasteiger partial charge is 0.319 e. The van der Waals surface area contributed by atoms with E-state index in [4.69, 9.17) is 14.5 Å². The Hall–Kier alpha value is -3.43. The lowest BCUT2D eigenvalue weighted by Crippen LogP contribution is -2.51. The van der Waals surface area contributed by atoms with E-state index in [9.17, 15) is 0 Å². The van der Waals surface area contributed by atoms with Crippen LogP contribution in [0.5, 0.6) is 11.8 Å². The number of aromatic nitrogens is 3. The van der Waals surface area contributed by atoms with Crippen LogP contribution in [-0.2, 0) is 0 Å². The van der Waals surface area contributed by atoms with Crippen LogP contribution in [0.4, 0.5) is 10.2 Å². The summed E-state index contributed by atoms with van der Waals surface area (Å²) in [5, 5.41) is 5.29. The van der Waals surface area contributed by atoms with Crippen molar-refractivity contribution in [3.63, 3.8) is 0 Å². The van der Waals surface area contributed by atoms with Gasteiger partial charge in [0.05, 0.1) is 7.11 Å². The summed E-state index contributed by atoms with van der Waals surface area (Å²) >= 11 is 0. The maximum absolute atomic E-state index is 16.4. The number of piperazine rings is 1. The molecule has 38 heavy (non-hydrogen) atoms. The Morgan fingerprint density at radius 1 is 1.03 bits per heavy atom. The van der Waals surface area contributed by atoms with Gasteiger partial charge in [0.2, 0.25) is 0 Å². The lowest BCUT2D eigenvalue weighted by atomic mass is 10.0. The molecule has 9 heteroatoms. The zero-order chi connectivity index (χ0) is 25.8. The Balaban J connectivity index is 1.33. The Morgan fingerprint density at radius 2 is 1.87 bits per heavy atom. The molecule has 3 fully saturated rings. The van der Waals surface area contributed by atoms with Gasteiger partial charge in [-0.2, -0.15) is 9.97 Å². The Labute approximate surface area is 221 Å². The molecule has 2 aromatic heterocycles. The molecule has 0 radical (unpaired) electrons. The number of halogens is 1. The molecule has 0 spiro atoms. The first kappa shape index (κ1) is 23.7. The summed E-state index contributed by atoms with van der Waals surface area (Å²) in [5.74, 6) is 1.12. The molecule has 8 nitrogen and oxygen atoms in total. The summed E-state index contributed by atoms with van der Waals surface area (Å²) in [4.78, 5) is 17.4. The highest BCUT2D eigenvalue weighted by atomic mass is 19.1. The van der Waals surface area contributed by atoms with Crippen molar-refractivity contribution in [3.8, 4) is 22.9 Å². The van der Waals surface area contributed by atoms with Gasteiger partial charge in [-0.05, 0) is 63.5 Å². The number of hydrogen-bond donors (Lipinski definition) is 2. The van der Waals surface area contributed by atoms with Crippen molar-refractivity contribution >= 4 is 27.6 Å². The maximum atomic E-state index is 16.4. The van der Waals surface area contributed by atoms with Crippen LogP contribution in [0, 0.1) is 5.82 Å². The Bertz CT molecular complexity index is 1490. The van der Waals surface area contributed by atoms with Crippen molar-refractivity contribution in [1.82, 2.24) is 25.2 Å². The van der Waals surface area contributed by atoms with E-state index in [1.165, 1.54) is 0 Å². The number of fused-ring (bicyclic) bond motifs is 4. The number of hydrogen-bond acceptors (Lipinski definition) is 7. The topological polar surface area (TPSA) is 78.5 Å². The van der Waals surface area contributed by atoms with Gasteiger partial charge in [-0.15, -0.1) is 0 Å². The van der Waals surface area contributed by atoms with Gasteiger partial charge in [0.15, 0.2) is 5.82 Å². The summed E-state index contributed by atoms with van der Waals surface area (Å²) in [6.45, 7) is 3.25. The van der Waals surface area contributed by atoms with Crippen LogP contribution in [-0.4, -0.2) is 78.4 Å². The molecular weight excluding hydrogens is 483 g/mol. The minimum absolute atomic E-state index is 0.246. The summed E-state index contributed by atoms with van der Waals surface area (Å²) in [5.41, 5.74) is 2.48. The van der Waals surface area contributed by atoms with Crippen molar-refractivity contribution in [2.45, 2.75) is 43.8 Å². The lowest BCUT2D eigenvalue weighted by Gasteiger charge is -2.34. The largest absolute Gasteiger partial charge is 0.497 e. The second-order valence-electron chi connectivity index (χ2n) is 10.9. The fourth-order valence-corrected chi connectivity index (χ4v) is 6.42. The molecule has 5 heterocycles. The monoisotopic (exact) mass is 516 g/mol. The number of methoxy groups -OCH3 is 1. The minimum Gasteiger partial charge on any atom is -0.497 e. The molecule has 2 aromatic carbocycles. The van der Waals surface area contributed by atoms with Gasteiger partial charge in [0.1, 0.15) is 23.7 Å². The van der Waals surface area contributed by atoms with Crippen molar-refractivity contribution in [1.29, 1.82) is 0 Å². The van der Waals surface area contributed by atoms with Gasteiger partial charge in [0.25, 0.3) is 0 Å². The number of H-pyrrole nitrogens is 1. The van der Waals surface area contributed by atoms with E-state index in [1.54, 1.807) is 7.11 Å². The van der Waals surface area contributed by atoms with Gasteiger partial charge in [-0.1, -0.05) is 6.07 Å². The van der Waals surface area contributed by atoms with E-state index in [0.29, 0.717) is 35.8 Å². The van der Waals surface area contributed by atoms with E-state index >= 15 is 4.39 Å². The molecule has 0 saturated carbocycles. The van der Waals surface area contributed by atoms with E-state index < -0.39 is 0 Å². The highest BCUT2D eigenvalue weighted by molar-refractivity contribution is 6.00. The number of likely N-dealkylation sites (tertiary alicyclic amines) is 1. The number of rotatable bonds is 6. The average Bonchev–Trinajstić information content (AvgIpc) is 3.64. The van der Waals surface area contributed by atoms with Gasteiger partial charge in [-0.3, -0.25) is 0 Å². The van der Waals surface area contributed by atoms with E-state index in [2.05, 4.69) is 32.1 Å². The summed E-state index contributed by atoms with van der Waals surface area (Å²) in [7, 11) is 3.75. The first-order chi connectivity index (χ1) is 18.6. The quantitative estimate of drug-likeness (QED) is 0.395. The third-order valence-corrected chi connectivity index (χ3v) is 8.54. The number of nitrogens with one attached hydrogen (secondary N) is 2. The molecule has 0 amide bonds. The maximum Gasteiger partial charge on any atom is 0.319 e. The molecule has 198 valence electrons. The van der Waals surface area contributed by atoms with Crippen LogP contribution in [0.15, 0.2) is 36.5 Å². The predicted octanol–water partition coefficient (Wildman–Crippen LogP) is 4.34. The molecule has 3 atom stereocenters. The zero-order valence-electron chi connectivity index (χ0n) is 21.8. The summed E-state index contributed by atoms with van der Waals surface area (Å²) in [6, 6.07) is 11.0. The molecule has 7 rings (SSSR count). The van der Waals surface area contributed by atoms with Gasteiger partial charge >= 0.3 is 6.01 Å². The van der Waals surface area contributed by atoms with Crippen LogP contribution in [0.1, 0.15) is 25.7 Å². The third kappa shape index (κ3) is 4.05. The summed E-state index contributed by atoms with van der Waals surface area (Å²) in [6.07, 6.45) is 6.40. The Morgan fingerprint density at radius 3 is 2.63 bits per heavy atom. The minimum atomic E-state index is -0.365. The molecule has 2 unspecified atom stereocenters. The first-order valence-electron chi connectivity index (χ1n) is 13.6. The lowest BCUT2D eigenvalue weighted by molar-refractivity contribution is 0.188. The number of nitrogens with zero attached hydrogens (tertiary/aromatic N) is 4. The van der Waals surface area contributed by atoms with Crippen molar-refractivity contribution in [2.24, 2.45) is 0 Å². The Kier molecular flexibility index (Phi) is 5.85. The zero-order valence-corrected chi connectivity index (χ0v) is 21.8. The highest BCUT2D eigenvalue weighted by Gasteiger charge is 2.34. The second-order valence-corrected chi connectivity index (χ2v) is 10.9. The van der Waals surface area contributed by atoms with E-state index in [-0.39, 0.29) is 11.8 Å². The number of aromatic amines is 1. The van der Waals surface area contributed by atoms with E-state index in [0.717, 1.165) is 78.7 Å². The number of ether oxygens (including phenoxy) is 2. The fraction of sp³-hybridized carbons (Fsp3) is 0.448. The molecule has 3 aliphatic heterocycles. The predicted molar refractivity (Wildman–Crippen MR) is 147 cm³/mol. The molecule has 0 aliphatic carbocycles. The fourth-order valence-electron chi connectivity index (χ4n) is 6.42. The number of anilines is 1. The van der Waals surface area contributed by atoms with Crippen LogP contribution < -0.4 is 19.7 Å². The molecule has 2 bridgehead atoms. The van der Waals surface area contributed by atoms with Crippen LogP contribution in [0.2, 0.25) is 0 Å². The second kappa shape index (κ2) is 9.39. The first-order valence-corrected chi connectivity index (χ1v) is 13.6. The van der Waals surface area contributed by atoms with E-state index in [1.807, 2.05) is 36.5 Å². The van der Waals surface area contributed by atoms with Crippen LogP contribution in [0.25, 0.3) is 32.9 Å². The third-order valence-electron chi connectivity index (χ3n) is 8.54. The van der Waals surface area contributed by atoms with Crippen LogP contribution >= 0.6 is 0 Å². The standard InChI is InChI=1S/C29H33FN6O2/c1-35-11-3-4-19(35)16-38-29-33-27-22(28(34-29)36-14-17-5-6-18(15-36)32-17)9-8-21(26(27)30)24-13-31-25-10-7-20(37-2)12-23(24)25/h7-10,12-13,17-19,31-32H,3-6,11,14-16H2,1-2H3/t17?,18?,19-/m0/s1. The van der Waals surface area contributed by atoms with Gasteiger partial charge in [0, 0.05) is 64.8 Å². The van der Waals surface area contributed by atoms with Crippen LogP contribution in [0.3, 0.4) is 0 Å². The molecule has 2 N–H and O–H groups in total. The van der Waals surface area contributed by atoms with Gasteiger partial charge in [-0.25, -0.2) is 4.39 Å². The molecule has 3 saturated heterocycles. The van der Waals surface area contributed by atoms with Crippen molar-refractivity contribution in [3.05, 3.63) is 42.3 Å². The average molecular weight is 517 g/mol. The normalized spacial score (nSPS) is 23.6. The molecular formula is C29H33FN6O2. The number of likely N-dealkylation sites (N-methyl/N-ethyl adjacent to an activating group) is 1. The highest BCUT2D eigenvalue weighted by Crippen LogP contribution is 2.38. The van der Waals surface area contributed by atoms with Crippen molar-refractivity contribution in [2.75, 3.05) is 45.3 Å². The summed E-state index contributed by atoms with van der Waals surface area (Å²) < 4.78 is 28.0. The molecule has 4 aromatic rings. The molecule has 3 aliphatic rings.